The summed E-state index contributed by atoms with van der Waals surface area (Å²) in [5.41, 5.74) is -1.71. The van der Waals surface area contributed by atoms with E-state index in [2.05, 4.69) is 16.0 Å². The number of hydrogen-bond donors (Lipinski definition) is 3. The van der Waals surface area contributed by atoms with E-state index in [4.69, 9.17) is 9.47 Å². The van der Waals surface area contributed by atoms with Crippen LogP contribution in [0.15, 0.2) is 0 Å². The van der Waals surface area contributed by atoms with Gasteiger partial charge in [0.25, 0.3) is 0 Å². The molecule has 34 heteroatoms. The Balaban J connectivity index is 1.11. The summed E-state index contributed by atoms with van der Waals surface area (Å²) in [5, 5.41) is 8.53. The fourth-order valence-corrected chi connectivity index (χ4v) is 18.2. The average molecular weight is 1600 g/mol. The standard InChI is InChI=1S/C78H120F8N12O14/c1-11-46(4)64-73(108)91(6)43-62(101)92(7)55-19-14-15-31-97(72(55)107)58(40-47-22-25-51(26-23-47)77(81,82)83)70(105)90(5)42-60(99)87-54(27-24-49-38-52(79)63(53(80)39-49)78(84,85)86)69(104)98-32-28-59(112-44-48-20-21-48)66(98)68(103)89-76(29-16-30-76)75(110)95(10)65(50-17-12-13-18-50)74(109)94(9)57(71(106)96-33-35-111-36-34-96)41-61(100)93(8)56(37-45(2)3)67(102)88-64/h45-59,63-66H,11-44H2,1-10H3,(H,87,99)(H,88,102)(H,89,103)/t46-,47?,49?,51?,52?,53?,54-,55-,56-,57-,58-,59-,63?,64-,65-,66-/m0/s1. The van der Waals surface area contributed by atoms with Gasteiger partial charge in [-0.15, -0.1) is 0 Å². The number of carbonyl (C=O) groups excluding carboxylic acids is 12. The van der Waals surface area contributed by atoms with Crippen molar-refractivity contribution >= 4 is 70.9 Å². The van der Waals surface area contributed by atoms with Crippen molar-refractivity contribution in [3.8, 4) is 0 Å². The van der Waals surface area contributed by atoms with Gasteiger partial charge >= 0.3 is 12.4 Å². The molecule has 12 amide bonds. The van der Waals surface area contributed by atoms with E-state index in [0.717, 1.165) is 32.4 Å². The summed E-state index contributed by atoms with van der Waals surface area (Å²) < 4.78 is 128. The van der Waals surface area contributed by atoms with Crippen LogP contribution < -0.4 is 16.0 Å². The van der Waals surface area contributed by atoms with Crippen LogP contribution >= 0.6 is 0 Å². The molecule has 5 aliphatic carbocycles. The molecule has 9 aliphatic rings. The van der Waals surface area contributed by atoms with Crippen molar-refractivity contribution in [1.82, 2.24) is 60.0 Å². The van der Waals surface area contributed by atoms with Gasteiger partial charge in [0.05, 0.1) is 44.7 Å². The number of hydrogen-bond acceptors (Lipinski definition) is 14. The van der Waals surface area contributed by atoms with Crippen molar-refractivity contribution in [3.63, 3.8) is 0 Å². The molecular weight excluding hydrogens is 1480 g/mol. The molecule has 0 aromatic rings. The van der Waals surface area contributed by atoms with Crippen molar-refractivity contribution in [2.75, 3.05) is 101 Å². The van der Waals surface area contributed by atoms with Gasteiger partial charge in [-0.05, 0) is 170 Å². The third kappa shape index (κ3) is 21.4. The summed E-state index contributed by atoms with van der Waals surface area (Å²) in [6.45, 7) is 6.08. The Hall–Kier alpha value is -7.00. The van der Waals surface area contributed by atoms with E-state index < -0.39 is 230 Å². The first-order valence-corrected chi connectivity index (χ1v) is 40.7. The van der Waals surface area contributed by atoms with Gasteiger partial charge in [0.2, 0.25) is 70.9 Å². The second-order valence-electron chi connectivity index (χ2n) is 34.1. The maximum Gasteiger partial charge on any atom is 0.397 e. The van der Waals surface area contributed by atoms with Crippen LogP contribution in [-0.4, -0.2) is 301 Å². The van der Waals surface area contributed by atoms with E-state index >= 15 is 51.9 Å². The summed E-state index contributed by atoms with van der Waals surface area (Å²) in [7, 11) is 8.13. The Morgan fingerprint density at radius 1 is 0.580 bits per heavy atom. The highest BCUT2D eigenvalue weighted by Crippen LogP contribution is 2.46. The predicted molar refractivity (Wildman–Crippen MR) is 392 cm³/mol. The van der Waals surface area contributed by atoms with Crippen LogP contribution in [0.25, 0.3) is 0 Å². The van der Waals surface area contributed by atoms with Gasteiger partial charge in [-0.3, -0.25) is 57.5 Å². The molecule has 632 valence electrons. The first kappa shape index (κ1) is 88.9. The molecule has 4 heterocycles. The van der Waals surface area contributed by atoms with Crippen LogP contribution in [0.5, 0.6) is 0 Å². The molecule has 0 aromatic carbocycles. The zero-order valence-electron chi connectivity index (χ0n) is 66.8. The molecule has 2 unspecified atom stereocenters. The summed E-state index contributed by atoms with van der Waals surface area (Å²) >= 11 is 0. The molecule has 12 atom stereocenters. The Morgan fingerprint density at radius 3 is 1.78 bits per heavy atom. The molecule has 0 aromatic heterocycles. The van der Waals surface area contributed by atoms with Crippen LogP contribution in [0.1, 0.15) is 188 Å². The Kier molecular flexibility index (Phi) is 30.3. The second-order valence-corrected chi connectivity index (χ2v) is 34.1. The number of nitrogens with zero attached hydrogens (tertiary/aromatic N) is 9. The lowest BCUT2D eigenvalue weighted by molar-refractivity contribution is -0.219. The first-order valence-electron chi connectivity index (χ1n) is 40.7. The van der Waals surface area contributed by atoms with Crippen molar-refractivity contribution in [2.45, 2.75) is 273 Å². The number of rotatable bonds is 14. The molecule has 112 heavy (non-hydrogen) atoms. The van der Waals surface area contributed by atoms with Crippen LogP contribution in [0.3, 0.4) is 0 Å². The van der Waals surface area contributed by atoms with Crippen molar-refractivity contribution in [1.29, 1.82) is 0 Å². The minimum atomic E-state index is -5.22. The van der Waals surface area contributed by atoms with Gasteiger partial charge in [0.15, 0.2) is 0 Å². The van der Waals surface area contributed by atoms with Crippen LogP contribution in [0, 0.1) is 47.3 Å². The number of alkyl halides is 8. The van der Waals surface area contributed by atoms with Gasteiger partial charge < -0.3 is 69.5 Å². The molecule has 9 fully saturated rings. The third-order valence-corrected chi connectivity index (χ3v) is 25.7. The molecule has 5 saturated carbocycles. The van der Waals surface area contributed by atoms with Crippen LogP contribution in [0.2, 0.25) is 0 Å². The van der Waals surface area contributed by atoms with E-state index in [0.29, 0.717) is 44.9 Å². The fraction of sp³-hybridized carbons (Fsp3) is 0.846. The Labute approximate surface area is 652 Å². The van der Waals surface area contributed by atoms with E-state index in [1.807, 2.05) is 13.8 Å². The van der Waals surface area contributed by atoms with Gasteiger partial charge in [0, 0.05) is 75.1 Å². The largest absolute Gasteiger partial charge is 0.397 e. The molecule has 9 rings (SSSR count). The first-order chi connectivity index (χ1) is 52.8. The third-order valence-electron chi connectivity index (χ3n) is 25.7. The van der Waals surface area contributed by atoms with Gasteiger partial charge in [-0.2, -0.15) is 26.3 Å². The molecule has 3 N–H and O–H groups in total. The van der Waals surface area contributed by atoms with Crippen molar-refractivity contribution in [3.05, 3.63) is 0 Å². The molecule has 2 bridgehead atoms. The molecule has 1 spiro atoms. The lowest BCUT2D eigenvalue weighted by Crippen LogP contribution is -2.69. The van der Waals surface area contributed by atoms with E-state index in [9.17, 15) is 40.7 Å². The van der Waals surface area contributed by atoms with Crippen molar-refractivity contribution < 1.29 is 102 Å². The lowest BCUT2D eigenvalue weighted by atomic mass is 9.74. The smallest absolute Gasteiger partial charge is 0.378 e. The normalized spacial score (nSPS) is 32.5. The van der Waals surface area contributed by atoms with Crippen molar-refractivity contribution in [2.24, 2.45) is 47.3 Å². The number of ether oxygens (including phenoxy) is 2. The van der Waals surface area contributed by atoms with Crippen LogP contribution in [-0.2, 0) is 67.0 Å². The summed E-state index contributed by atoms with van der Waals surface area (Å²) in [6, 6.07) is -11.3. The highest BCUT2D eigenvalue weighted by atomic mass is 19.4. The number of carbonyl (C=O) groups is 12. The van der Waals surface area contributed by atoms with E-state index in [1.54, 1.807) is 13.8 Å². The van der Waals surface area contributed by atoms with Gasteiger partial charge in [0.1, 0.15) is 72.1 Å². The average Bonchev–Trinajstić information content (AvgIpc) is 1.15. The van der Waals surface area contributed by atoms with Crippen LogP contribution in [0.4, 0.5) is 35.1 Å². The molecule has 4 aliphatic heterocycles. The zero-order valence-corrected chi connectivity index (χ0v) is 66.8. The highest BCUT2D eigenvalue weighted by Gasteiger charge is 2.57. The maximum absolute atomic E-state index is 15.8. The maximum atomic E-state index is 15.8. The molecular formula is C78H120F8N12O14. The summed E-state index contributed by atoms with van der Waals surface area (Å²) in [5.74, 6) is -16.6. The number of nitrogens with one attached hydrogen (secondary N) is 3. The lowest BCUT2D eigenvalue weighted by Gasteiger charge is -2.47. The van der Waals surface area contributed by atoms with E-state index in [-0.39, 0.29) is 135 Å². The monoisotopic (exact) mass is 1600 g/mol. The predicted octanol–water partition coefficient (Wildman–Crippen LogP) is 6.35. The molecule has 4 saturated heterocycles. The number of halogens is 8. The number of fused-ring (bicyclic) bond motifs is 3. The van der Waals surface area contributed by atoms with Gasteiger partial charge in [-0.25, -0.2) is 8.78 Å². The fourth-order valence-electron chi connectivity index (χ4n) is 18.2. The van der Waals surface area contributed by atoms with E-state index in [1.165, 1.54) is 66.8 Å². The number of amides is 12. The molecule has 26 nitrogen and oxygen atoms in total. The number of morpholine rings is 1. The minimum absolute atomic E-state index is 0.00991. The number of likely N-dealkylation sites (N-methyl/N-ethyl adjacent to an activating group) is 6. The van der Waals surface area contributed by atoms with Gasteiger partial charge in [-0.1, -0.05) is 47.0 Å². The Morgan fingerprint density at radius 2 is 1.20 bits per heavy atom. The summed E-state index contributed by atoms with van der Waals surface area (Å²) in [6.07, 6.45) is -14.2. The zero-order chi connectivity index (χ0) is 82.2. The molecule has 0 radical (unpaired) electrons. The summed E-state index contributed by atoms with van der Waals surface area (Å²) in [4.78, 5) is 194. The quantitative estimate of drug-likeness (QED) is 0.160. The topological polar surface area (TPSA) is 289 Å². The minimum Gasteiger partial charge on any atom is -0.378 e. The SMILES string of the molecule is CC[C@H](C)[C@@H]1NC(=O)[C@H](CC(C)C)N(C)C(=O)C[C@@H](C(=O)N2CCOCC2)N(C)C(=O)[C@H](C2CCCC2)N(C)C(=O)C2(CCC2)NC(=O)[C@@H]2[C@@H](OCC3CC3)CCN2C(=O)[C@H](CCC2CC(F)C(C(F)(F)F)C(F)C2)NC(=O)CN(C)C(=O)[C@H](CC2CCC(C(F)(F)F)CC2)N2CCCC[C@@H](C2=O)N(C)C(=O)CN(C)C1=O. The highest BCUT2D eigenvalue weighted by molar-refractivity contribution is 6.01. The second kappa shape index (κ2) is 38.2. The Bertz CT molecular complexity index is 3340.